The number of hydrogen-bond acceptors (Lipinski definition) is 5. The van der Waals surface area contributed by atoms with E-state index < -0.39 is 12.5 Å². The molecule has 0 atom stereocenters. The Hall–Kier alpha value is -4.20. The van der Waals surface area contributed by atoms with Crippen molar-refractivity contribution in [3.8, 4) is 22.6 Å². The van der Waals surface area contributed by atoms with Crippen molar-refractivity contribution in [2.45, 2.75) is 13.5 Å². The van der Waals surface area contributed by atoms with E-state index in [-0.39, 0.29) is 17.8 Å². The summed E-state index contributed by atoms with van der Waals surface area (Å²) in [6.07, 6.45) is 0. The first-order valence-electron chi connectivity index (χ1n) is 10.0. The minimum Gasteiger partial charge on any atom is -0.484 e. The molecule has 1 amide bonds. The van der Waals surface area contributed by atoms with E-state index in [2.05, 4.69) is 10.1 Å². The number of carbonyl (C=O) groups is 1. The second-order valence-corrected chi connectivity index (χ2v) is 7.13. The second kappa shape index (κ2) is 9.52. The Morgan fingerprint density at radius 3 is 2.39 bits per heavy atom. The van der Waals surface area contributed by atoms with Crippen LogP contribution < -0.4 is 20.2 Å². The topological polar surface area (TPSA) is 77.8 Å². The molecule has 0 aliphatic carbocycles. The highest BCUT2D eigenvalue weighted by Crippen LogP contribution is 2.26. The molecule has 0 bridgehead atoms. The molecular formula is C25H19F2NO5. The number of aryl methyl sites for hydroxylation is 1. The van der Waals surface area contributed by atoms with Crippen molar-refractivity contribution >= 4 is 22.6 Å². The fourth-order valence-corrected chi connectivity index (χ4v) is 3.38. The fourth-order valence-electron chi connectivity index (χ4n) is 3.38. The van der Waals surface area contributed by atoms with Crippen molar-refractivity contribution in [1.82, 2.24) is 0 Å². The van der Waals surface area contributed by atoms with Crippen LogP contribution in [0.15, 0.2) is 82.0 Å². The molecule has 1 aromatic heterocycles. The van der Waals surface area contributed by atoms with Crippen molar-refractivity contribution in [3.63, 3.8) is 0 Å². The molecule has 1 N–H and O–H groups in total. The molecule has 0 unspecified atom stereocenters. The van der Waals surface area contributed by atoms with E-state index in [1.165, 1.54) is 24.3 Å². The smallest absolute Gasteiger partial charge is 0.387 e. The second-order valence-electron chi connectivity index (χ2n) is 7.13. The molecular weight excluding hydrogens is 432 g/mol. The average molecular weight is 451 g/mol. The van der Waals surface area contributed by atoms with Crippen LogP contribution in [0, 0.1) is 6.92 Å². The van der Waals surface area contributed by atoms with Crippen molar-refractivity contribution < 1.29 is 27.5 Å². The third kappa shape index (κ3) is 5.17. The van der Waals surface area contributed by atoms with Crippen molar-refractivity contribution in [2.24, 2.45) is 0 Å². The Kier molecular flexibility index (Phi) is 6.35. The summed E-state index contributed by atoms with van der Waals surface area (Å²) >= 11 is 0. The van der Waals surface area contributed by atoms with E-state index in [1.54, 1.807) is 25.1 Å². The van der Waals surface area contributed by atoms with Crippen LogP contribution in [0.25, 0.3) is 22.1 Å². The largest absolute Gasteiger partial charge is 0.484 e. The molecule has 0 aliphatic heterocycles. The van der Waals surface area contributed by atoms with E-state index in [0.29, 0.717) is 33.7 Å². The summed E-state index contributed by atoms with van der Waals surface area (Å²) in [5, 5.41) is 3.00. The zero-order valence-corrected chi connectivity index (χ0v) is 17.5. The predicted octanol–water partition coefficient (Wildman–Crippen LogP) is 5.39. The Morgan fingerprint density at radius 1 is 1.00 bits per heavy atom. The van der Waals surface area contributed by atoms with Crippen LogP contribution in [0.3, 0.4) is 0 Å². The third-order valence-corrected chi connectivity index (χ3v) is 4.84. The summed E-state index contributed by atoms with van der Waals surface area (Å²) < 4.78 is 40.0. The summed E-state index contributed by atoms with van der Waals surface area (Å²) in [6, 6.07) is 19.5. The first kappa shape index (κ1) is 22.0. The Labute approximate surface area is 187 Å². The number of alkyl halides is 2. The van der Waals surface area contributed by atoms with Crippen LogP contribution in [0.2, 0.25) is 0 Å². The number of anilines is 1. The molecule has 1 heterocycles. The number of ether oxygens (including phenoxy) is 2. The highest BCUT2D eigenvalue weighted by molar-refractivity contribution is 5.92. The fraction of sp³-hybridized carbons (Fsp3) is 0.120. The van der Waals surface area contributed by atoms with Crippen LogP contribution in [0.5, 0.6) is 11.5 Å². The first-order chi connectivity index (χ1) is 15.9. The zero-order chi connectivity index (χ0) is 23.4. The number of amides is 1. The maximum atomic E-state index is 13.0. The molecule has 0 spiro atoms. The summed E-state index contributed by atoms with van der Waals surface area (Å²) in [5.41, 5.74) is 1.88. The maximum Gasteiger partial charge on any atom is 0.387 e. The van der Waals surface area contributed by atoms with Gasteiger partial charge in [0.15, 0.2) is 6.61 Å². The number of fused-ring (bicyclic) bond motifs is 1. The lowest BCUT2D eigenvalue weighted by atomic mass is 10.0. The Bertz CT molecular complexity index is 1340. The average Bonchev–Trinajstić information content (AvgIpc) is 2.79. The molecule has 0 saturated carbocycles. The van der Waals surface area contributed by atoms with Crippen LogP contribution in [-0.2, 0) is 4.79 Å². The van der Waals surface area contributed by atoms with Gasteiger partial charge in [-0.15, -0.1) is 0 Å². The molecule has 4 rings (SSSR count). The number of carbonyl (C=O) groups excluding carboxylic acids is 1. The summed E-state index contributed by atoms with van der Waals surface area (Å²) in [6.45, 7) is -1.49. The SMILES string of the molecule is Cc1oc2cc(OCC(=O)Nc3ccc(OC(F)F)cc3)ccc2c(=O)c1-c1ccccc1. The molecule has 0 radical (unpaired) electrons. The molecule has 33 heavy (non-hydrogen) atoms. The number of benzene rings is 3. The van der Waals surface area contributed by atoms with E-state index in [1.807, 2.05) is 30.3 Å². The molecule has 4 aromatic rings. The van der Waals surface area contributed by atoms with Gasteiger partial charge in [-0.2, -0.15) is 8.78 Å². The van der Waals surface area contributed by atoms with E-state index in [4.69, 9.17) is 9.15 Å². The Balaban J connectivity index is 1.45. The number of nitrogens with one attached hydrogen (secondary N) is 1. The third-order valence-electron chi connectivity index (χ3n) is 4.84. The first-order valence-corrected chi connectivity index (χ1v) is 10.0. The van der Waals surface area contributed by atoms with Gasteiger partial charge in [-0.05, 0) is 48.9 Å². The van der Waals surface area contributed by atoms with E-state index in [9.17, 15) is 18.4 Å². The Morgan fingerprint density at radius 2 is 1.70 bits per heavy atom. The van der Waals surface area contributed by atoms with Gasteiger partial charge in [-0.1, -0.05) is 30.3 Å². The minimum absolute atomic E-state index is 0.0115. The van der Waals surface area contributed by atoms with Gasteiger partial charge in [0.05, 0.1) is 10.9 Å². The van der Waals surface area contributed by atoms with Gasteiger partial charge in [0.2, 0.25) is 5.43 Å². The standard InChI is InChI=1S/C25H19F2NO5/c1-15-23(16-5-3-2-4-6-16)24(30)20-12-11-19(13-21(20)32-15)31-14-22(29)28-17-7-9-18(10-8-17)33-25(26)27/h2-13,25H,14H2,1H3,(H,28,29). The van der Waals surface area contributed by atoms with Gasteiger partial charge in [0.25, 0.3) is 5.91 Å². The van der Waals surface area contributed by atoms with Gasteiger partial charge in [0.1, 0.15) is 22.8 Å². The molecule has 6 nitrogen and oxygen atoms in total. The maximum absolute atomic E-state index is 13.0. The normalized spacial score (nSPS) is 10.9. The molecule has 8 heteroatoms. The van der Waals surface area contributed by atoms with Gasteiger partial charge < -0.3 is 19.2 Å². The number of hydrogen-bond donors (Lipinski definition) is 1. The number of rotatable bonds is 7. The van der Waals surface area contributed by atoms with Gasteiger partial charge in [-0.3, -0.25) is 9.59 Å². The van der Waals surface area contributed by atoms with Gasteiger partial charge in [0, 0.05) is 11.8 Å². The van der Waals surface area contributed by atoms with Crippen molar-refractivity contribution in [1.29, 1.82) is 0 Å². The molecule has 0 fully saturated rings. The summed E-state index contributed by atoms with van der Waals surface area (Å²) in [4.78, 5) is 25.2. The van der Waals surface area contributed by atoms with Gasteiger partial charge >= 0.3 is 6.61 Å². The summed E-state index contributed by atoms with van der Waals surface area (Å²) in [5.74, 6) is 0.374. The quantitative estimate of drug-likeness (QED) is 0.408. The van der Waals surface area contributed by atoms with Crippen molar-refractivity contribution in [2.75, 3.05) is 11.9 Å². The van der Waals surface area contributed by atoms with Crippen LogP contribution in [-0.4, -0.2) is 19.1 Å². The lowest BCUT2D eigenvalue weighted by Gasteiger charge is -2.10. The van der Waals surface area contributed by atoms with Crippen LogP contribution in [0.1, 0.15) is 5.76 Å². The van der Waals surface area contributed by atoms with Gasteiger partial charge in [-0.25, -0.2) is 0 Å². The minimum atomic E-state index is -2.92. The van der Waals surface area contributed by atoms with E-state index >= 15 is 0 Å². The zero-order valence-electron chi connectivity index (χ0n) is 17.5. The highest BCUT2D eigenvalue weighted by atomic mass is 19.3. The molecule has 0 saturated heterocycles. The predicted molar refractivity (Wildman–Crippen MR) is 120 cm³/mol. The van der Waals surface area contributed by atoms with Crippen LogP contribution >= 0.6 is 0 Å². The van der Waals surface area contributed by atoms with Crippen LogP contribution in [0.4, 0.5) is 14.5 Å². The lowest BCUT2D eigenvalue weighted by Crippen LogP contribution is -2.20. The monoisotopic (exact) mass is 451 g/mol. The molecule has 168 valence electrons. The molecule has 0 aliphatic rings. The summed E-state index contributed by atoms with van der Waals surface area (Å²) in [7, 11) is 0. The van der Waals surface area contributed by atoms with E-state index in [0.717, 1.165) is 5.56 Å². The number of halogens is 2. The highest BCUT2D eigenvalue weighted by Gasteiger charge is 2.14. The molecule has 3 aromatic carbocycles. The lowest BCUT2D eigenvalue weighted by molar-refractivity contribution is -0.118. The van der Waals surface area contributed by atoms with Crippen molar-refractivity contribution in [3.05, 3.63) is 88.8 Å².